The fourth-order valence-electron chi connectivity index (χ4n) is 3.14. The summed E-state index contributed by atoms with van der Waals surface area (Å²) in [5, 5.41) is 0. The van der Waals surface area contributed by atoms with Gasteiger partial charge in [0.2, 0.25) is 0 Å². The predicted octanol–water partition coefficient (Wildman–Crippen LogP) is 2.24. The first-order valence-corrected chi connectivity index (χ1v) is 6.73. The smallest absolute Gasteiger partial charge is 0.00954 e. The fraction of sp³-hybridized carbons (Fsp3) is 1.00. The molecule has 0 unspecified atom stereocenters. The normalized spacial score (nSPS) is 35.6. The molecule has 2 nitrogen and oxygen atoms in total. The van der Waals surface area contributed by atoms with Crippen LogP contribution in [0.5, 0.6) is 0 Å². The van der Waals surface area contributed by atoms with Gasteiger partial charge in [-0.1, -0.05) is 6.92 Å². The summed E-state index contributed by atoms with van der Waals surface area (Å²) >= 11 is 0. The Labute approximate surface area is 94.2 Å². The molecule has 1 saturated carbocycles. The summed E-state index contributed by atoms with van der Waals surface area (Å²) in [6, 6.07) is 0.889. The third-order valence-corrected chi connectivity index (χ3v) is 4.48. The van der Waals surface area contributed by atoms with E-state index in [4.69, 9.17) is 5.73 Å². The van der Waals surface area contributed by atoms with Gasteiger partial charge >= 0.3 is 0 Å². The maximum atomic E-state index is 5.73. The molecule has 15 heavy (non-hydrogen) atoms. The largest absolute Gasteiger partial charge is 0.330 e. The van der Waals surface area contributed by atoms with E-state index in [1.807, 2.05) is 0 Å². The molecule has 88 valence electrons. The fourth-order valence-corrected chi connectivity index (χ4v) is 3.14. The average Bonchev–Trinajstić information content (AvgIpc) is 2.30. The van der Waals surface area contributed by atoms with Crippen molar-refractivity contribution in [2.75, 3.05) is 19.6 Å². The molecular formula is C13H26N2. The van der Waals surface area contributed by atoms with Gasteiger partial charge in [0.1, 0.15) is 0 Å². The summed E-state index contributed by atoms with van der Waals surface area (Å²) in [7, 11) is 0. The Morgan fingerprint density at radius 1 is 1.00 bits per heavy atom. The maximum Gasteiger partial charge on any atom is 0.00954 e. The van der Waals surface area contributed by atoms with Crippen molar-refractivity contribution in [2.24, 2.45) is 17.6 Å². The first-order valence-electron chi connectivity index (χ1n) is 6.73. The molecule has 2 heteroatoms. The van der Waals surface area contributed by atoms with E-state index in [0.717, 1.165) is 24.4 Å². The van der Waals surface area contributed by atoms with Crippen LogP contribution in [0.4, 0.5) is 0 Å². The number of nitrogens with two attached hydrogens (primary N) is 1. The number of hydrogen-bond donors (Lipinski definition) is 1. The van der Waals surface area contributed by atoms with Gasteiger partial charge in [0.25, 0.3) is 0 Å². The maximum absolute atomic E-state index is 5.73. The van der Waals surface area contributed by atoms with Crippen LogP contribution < -0.4 is 5.73 Å². The molecule has 2 aliphatic rings. The standard InChI is InChI=1S/C13H26N2/c1-11-6-8-15(9-7-11)13-4-2-12(10-14)3-5-13/h11-13H,2-10,14H2,1H3. The van der Waals surface area contributed by atoms with Gasteiger partial charge in [-0.25, -0.2) is 0 Å². The van der Waals surface area contributed by atoms with Crippen molar-refractivity contribution in [1.82, 2.24) is 4.90 Å². The Kier molecular flexibility index (Phi) is 4.04. The average molecular weight is 210 g/mol. The summed E-state index contributed by atoms with van der Waals surface area (Å²) in [6.45, 7) is 5.99. The van der Waals surface area contributed by atoms with Crippen molar-refractivity contribution >= 4 is 0 Å². The van der Waals surface area contributed by atoms with E-state index in [1.54, 1.807) is 0 Å². The molecule has 1 aliphatic carbocycles. The van der Waals surface area contributed by atoms with Gasteiger partial charge in [-0.2, -0.15) is 0 Å². The zero-order chi connectivity index (χ0) is 10.7. The van der Waals surface area contributed by atoms with Gasteiger partial charge in [-0.15, -0.1) is 0 Å². The van der Waals surface area contributed by atoms with Gasteiger partial charge in [-0.3, -0.25) is 0 Å². The highest BCUT2D eigenvalue weighted by Gasteiger charge is 2.27. The van der Waals surface area contributed by atoms with Crippen molar-refractivity contribution in [3.8, 4) is 0 Å². The lowest BCUT2D eigenvalue weighted by molar-refractivity contribution is 0.0991. The minimum Gasteiger partial charge on any atom is -0.330 e. The monoisotopic (exact) mass is 210 g/mol. The molecule has 1 heterocycles. The quantitative estimate of drug-likeness (QED) is 0.757. The third-order valence-electron chi connectivity index (χ3n) is 4.48. The second-order valence-corrected chi connectivity index (χ2v) is 5.63. The summed E-state index contributed by atoms with van der Waals surface area (Å²) in [6.07, 6.45) is 8.36. The first kappa shape index (κ1) is 11.4. The van der Waals surface area contributed by atoms with Crippen LogP contribution in [-0.2, 0) is 0 Å². The van der Waals surface area contributed by atoms with Crippen molar-refractivity contribution in [2.45, 2.75) is 51.5 Å². The highest BCUT2D eigenvalue weighted by molar-refractivity contribution is 4.82. The summed E-state index contributed by atoms with van der Waals surface area (Å²) < 4.78 is 0. The molecule has 0 aromatic carbocycles. The third kappa shape index (κ3) is 2.94. The van der Waals surface area contributed by atoms with Crippen LogP contribution in [0.3, 0.4) is 0 Å². The Bertz CT molecular complexity index is 177. The van der Waals surface area contributed by atoms with Crippen LogP contribution in [0.15, 0.2) is 0 Å². The van der Waals surface area contributed by atoms with Gasteiger partial charge < -0.3 is 10.6 Å². The Hall–Kier alpha value is -0.0800. The number of hydrogen-bond acceptors (Lipinski definition) is 2. The topological polar surface area (TPSA) is 29.3 Å². The van der Waals surface area contributed by atoms with Gasteiger partial charge in [0.15, 0.2) is 0 Å². The molecule has 0 spiro atoms. The molecule has 2 rings (SSSR count). The Balaban J connectivity index is 1.75. The number of likely N-dealkylation sites (tertiary alicyclic amines) is 1. The van der Waals surface area contributed by atoms with E-state index in [-0.39, 0.29) is 0 Å². The van der Waals surface area contributed by atoms with E-state index < -0.39 is 0 Å². The molecule has 2 fully saturated rings. The van der Waals surface area contributed by atoms with Crippen LogP contribution in [0, 0.1) is 11.8 Å². The van der Waals surface area contributed by atoms with Gasteiger partial charge in [0, 0.05) is 6.04 Å². The molecular weight excluding hydrogens is 184 g/mol. The van der Waals surface area contributed by atoms with Crippen LogP contribution >= 0.6 is 0 Å². The van der Waals surface area contributed by atoms with Crippen LogP contribution in [0.1, 0.15) is 45.4 Å². The van der Waals surface area contributed by atoms with Crippen molar-refractivity contribution < 1.29 is 0 Å². The van der Waals surface area contributed by atoms with Crippen molar-refractivity contribution in [1.29, 1.82) is 0 Å². The van der Waals surface area contributed by atoms with E-state index in [9.17, 15) is 0 Å². The zero-order valence-corrected chi connectivity index (χ0v) is 10.1. The Morgan fingerprint density at radius 3 is 2.13 bits per heavy atom. The lowest BCUT2D eigenvalue weighted by Crippen LogP contribution is -2.43. The molecule has 2 N–H and O–H groups in total. The van der Waals surface area contributed by atoms with Crippen LogP contribution in [0.25, 0.3) is 0 Å². The van der Waals surface area contributed by atoms with E-state index in [1.165, 1.54) is 51.6 Å². The van der Waals surface area contributed by atoms with Crippen molar-refractivity contribution in [3.05, 3.63) is 0 Å². The molecule has 1 saturated heterocycles. The van der Waals surface area contributed by atoms with Crippen LogP contribution in [0.2, 0.25) is 0 Å². The van der Waals surface area contributed by atoms with Gasteiger partial charge in [0.05, 0.1) is 0 Å². The lowest BCUT2D eigenvalue weighted by atomic mass is 9.84. The van der Waals surface area contributed by atoms with E-state index in [0.29, 0.717) is 0 Å². The molecule has 0 amide bonds. The number of rotatable bonds is 2. The highest BCUT2D eigenvalue weighted by atomic mass is 15.2. The predicted molar refractivity (Wildman–Crippen MR) is 64.8 cm³/mol. The molecule has 0 bridgehead atoms. The molecule has 0 radical (unpaired) electrons. The van der Waals surface area contributed by atoms with E-state index >= 15 is 0 Å². The van der Waals surface area contributed by atoms with Gasteiger partial charge in [-0.05, 0) is 70.0 Å². The van der Waals surface area contributed by atoms with E-state index in [2.05, 4.69) is 11.8 Å². The summed E-state index contributed by atoms with van der Waals surface area (Å²) in [4.78, 5) is 2.74. The highest BCUT2D eigenvalue weighted by Crippen LogP contribution is 2.29. The lowest BCUT2D eigenvalue weighted by Gasteiger charge is -2.40. The molecule has 0 aromatic heterocycles. The minimum absolute atomic E-state index is 0.824. The van der Waals surface area contributed by atoms with Crippen molar-refractivity contribution in [3.63, 3.8) is 0 Å². The minimum atomic E-state index is 0.824. The SMILES string of the molecule is CC1CCN(C2CCC(CN)CC2)CC1. The zero-order valence-electron chi connectivity index (χ0n) is 10.1. The second kappa shape index (κ2) is 5.31. The summed E-state index contributed by atoms with van der Waals surface area (Å²) in [5.41, 5.74) is 5.73. The Morgan fingerprint density at radius 2 is 1.60 bits per heavy atom. The first-order chi connectivity index (χ1) is 7.29. The molecule has 0 atom stereocenters. The molecule has 1 aliphatic heterocycles. The van der Waals surface area contributed by atoms with Crippen LogP contribution in [-0.4, -0.2) is 30.6 Å². The second-order valence-electron chi connectivity index (χ2n) is 5.63. The number of nitrogens with zero attached hydrogens (tertiary/aromatic N) is 1. The number of piperidine rings is 1. The molecule has 0 aromatic rings. The summed E-state index contributed by atoms with van der Waals surface area (Å²) in [5.74, 6) is 1.78.